The van der Waals surface area contributed by atoms with Crippen LogP contribution in [0.1, 0.15) is 36.5 Å². The van der Waals surface area contributed by atoms with Crippen LogP contribution in [0.5, 0.6) is 0 Å². The molecule has 1 aromatic carbocycles. The number of carboxylic acid groups (broad SMARTS) is 1. The molecule has 0 spiro atoms. The number of ketones is 1. The minimum absolute atomic E-state index is 0.0142. The smallest absolute Gasteiger partial charge is 0.306 e. The van der Waals surface area contributed by atoms with Gasteiger partial charge in [-0.15, -0.1) is 0 Å². The molecule has 3 heteroatoms. The normalized spacial score (nSPS) is 12.1. The number of benzene rings is 1. The summed E-state index contributed by atoms with van der Waals surface area (Å²) >= 11 is 0. The molecule has 0 saturated heterocycles. The van der Waals surface area contributed by atoms with Crippen LogP contribution in [0.2, 0.25) is 0 Å². The minimum atomic E-state index is -0.816. The van der Waals surface area contributed by atoms with Crippen LogP contribution >= 0.6 is 0 Å². The highest BCUT2D eigenvalue weighted by atomic mass is 16.4. The summed E-state index contributed by atoms with van der Waals surface area (Å²) in [4.78, 5) is 22.5. The number of carbonyl (C=O) groups excluding carboxylic acids is 1. The molecular weight excluding hydrogens is 204 g/mol. The Kier molecular flexibility index (Phi) is 4.70. The summed E-state index contributed by atoms with van der Waals surface area (Å²) in [7, 11) is 0. The first-order valence-electron chi connectivity index (χ1n) is 5.46. The number of hydrogen-bond acceptors (Lipinski definition) is 2. The van der Waals surface area contributed by atoms with Gasteiger partial charge >= 0.3 is 5.97 Å². The van der Waals surface area contributed by atoms with Crippen molar-refractivity contribution in [1.29, 1.82) is 0 Å². The first kappa shape index (κ1) is 12.4. The monoisotopic (exact) mass is 220 g/mol. The standard InChI is InChI=1S/C13H16O3/c1-2-10(13(15)16)8-9-12(14)11-6-4-3-5-7-11/h3-7,10H,2,8-9H2,1H3,(H,15,16). The number of hydrogen-bond donors (Lipinski definition) is 1. The lowest BCUT2D eigenvalue weighted by Gasteiger charge is -2.08. The Bertz CT molecular complexity index is 357. The van der Waals surface area contributed by atoms with Gasteiger partial charge in [0.15, 0.2) is 5.78 Å². The van der Waals surface area contributed by atoms with Crippen LogP contribution < -0.4 is 0 Å². The number of carboxylic acids is 1. The predicted octanol–water partition coefficient (Wildman–Crippen LogP) is 2.76. The van der Waals surface area contributed by atoms with E-state index >= 15 is 0 Å². The fourth-order valence-electron chi connectivity index (χ4n) is 1.58. The third-order valence-corrected chi connectivity index (χ3v) is 2.66. The van der Waals surface area contributed by atoms with Crippen LogP contribution in [-0.2, 0) is 4.79 Å². The summed E-state index contributed by atoms with van der Waals surface area (Å²) in [5.41, 5.74) is 0.655. The fraction of sp³-hybridized carbons (Fsp3) is 0.385. The molecular formula is C13H16O3. The van der Waals surface area contributed by atoms with Crippen LogP contribution in [0.4, 0.5) is 0 Å². The quantitative estimate of drug-likeness (QED) is 0.750. The molecule has 0 amide bonds. The lowest BCUT2D eigenvalue weighted by Crippen LogP contribution is -2.14. The van der Waals surface area contributed by atoms with E-state index in [9.17, 15) is 9.59 Å². The third-order valence-electron chi connectivity index (χ3n) is 2.66. The van der Waals surface area contributed by atoms with Crippen molar-refractivity contribution in [2.24, 2.45) is 5.92 Å². The second-order valence-electron chi connectivity index (χ2n) is 3.77. The van der Waals surface area contributed by atoms with E-state index in [1.165, 1.54) is 0 Å². The molecule has 0 aliphatic carbocycles. The van der Waals surface area contributed by atoms with Crippen LogP contribution in [0.3, 0.4) is 0 Å². The topological polar surface area (TPSA) is 54.4 Å². The summed E-state index contributed by atoms with van der Waals surface area (Å²) in [6.07, 6.45) is 1.28. The minimum Gasteiger partial charge on any atom is -0.481 e. The molecule has 0 aliphatic heterocycles. The highest BCUT2D eigenvalue weighted by molar-refractivity contribution is 5.96. The van der Waals surface area contributed by atoms with Gasteiger partial charge in [-0.3, -0.25) is 9.59 Å². The average Bonchev–Trinajstić information content (AvgIpc) is 2.30. The van der Waals surface area contributed by atoms with Gasteiger partial charge in [-0.05, 0) is 12.8 Å². The largest absolute Gasteiger partial charge is 0.481 e. The van der Waals surface area contributed by atoms with E-state index in [0.717, 1.165) is 0 Å². The molecule has 0 saturated carbocycles. The summed E-state index contributed by atoms with van der Waals surface area (Å²) < 4.78 is 0. The SMILES string of the molecule is CCC(CCC(=O)c1ccccc1)C(=O)O. The molecule has 1 rings (SSSR count). The van der Waals surface area contributed by atoms with Gasteiger partial charge in [0.05, 0.1) is 5.92 Å². The van der Waals surface area contributed by atoms with Gasteiger partial charge in [0.25, 0.3) is 0 Å². The Morgan fingerprint density at radius 2 is 1.88 bits per heavy atom. The molecule has 16 heavy (non-hydrogen) atoms. The molecule has 86 valence electrons. The van der Waals surface area contributed by atoms with Crippen LogP contribution in [0, 0.1) is 5.92 Å². The van der Waals surface area contributed by atoms with Crippen molar-refractivity contribution in [3.8, 4) is 0 Å². The second-order valence-corrected chi connectivity index (χ2v) is 3.77. The van der Waals surface area contributed by atoms with Crippen molar-refractivity contribution in [3.63, 3.8) is 0 Å². The maximum atomic E-state index is 11.7. The van der Waals surface area contributed by atoms with E-state index < -0.39 is 11.9 Å². The highest BCUT2D eigenvalue weighted by Gasteiger charge is 2.16. The Labute approximate surface area is 95.1 Å². The molecule has 0 bridgehead atoms. The van der Waals surface area contributed by atoms with Crippen molar-refractivity contribution in [2.45, 2.75) is 26.2 Å². The van der Waals surface area contributed by atoms with Crippen LogP contribution in [0.15, 0.2) is 30.3 Å². The van der Waals surface area contributed by atoms with E-state index in [1.807, 2.05) is 25.1 Å². The van der Waals surface area contributed by atoms with Gasteiger partial charge in [-0.2, -0.15) is 0 Å². The molecule has 1 unspecified atom stereocenters. The molecule has 0 aliphatic rings. The highest BCUT2D eigenvalue weighted by Crippen LogP contribution is 2.14. The van der Waals surface area contributed by atoms with Crippen molar-refractivity contribution < 1.29 is 14.7 Å². The van der Waals surface area contributed by atoms with E-state index in [4.69, 9.17) is 5.11 Å². The van der Waals surface area contributed by atoms with Crippen LogP contribution in [-0.4, -0.2) is 16.9 Å². The number of Topliss-reactive ketones (excluding diaryl/α,β-unsaturated/α-hetero) is 1. The first-order chi connectivity index (χ1) is 7.65. The van der Waals surface area contributed by atoms with Gasteiger partial charge in [0, 0.05) is 12.0 Å². The molecule has 0 aromatic heterocycles. The Morgan fingerprint density at radius 1 is 1.25 bits per heavy atom. The first-order valence-corrected chi connectivity index (χ1v) is 5.46. The molecule has 0 radical (unpaired) electrons. The second kappa shape index (κ2) is 6.05. The summed E-state index contributed by atoms with van der Waals surface area (Å²) in [6.45, 7) is 1.83. The molecule has 1 N–H and O–H groups in total. The van der Waals surface area contributed by atoms with E-state index in [0.29, 0.717) is 24.8 Å². The molecule has 1 aromatic rings. The van der Waals surface area contributed by atoms with Crippen molar-refractivity contribution >= 4 is 11.8 Å². The number of aliphatic carboxylic acids is 1. The summed E-state index contributed by atoms with van der Waals surface area (Å²) in [5.74, 6) is -1.21. The zero-order valence-corrected chi connectivity index (χ0v) is 9.35. The molecule has 3 nitrogen and oxygen atoms in total. The Balaban J connectivity index is 2.50. The predicted molar refractivity (Wildman–Crippen MR) is 61.4 cm³/mol. The maximum Gasteiger partial charge on any atom is 0.306 e. The van der Waals surface area contributed by atoms with E-state index in [-0.39, 0.29) is 5.78 Å². The van der Waals surface area contributed by atoms with Crippen molar-refractivity contribution in [3.05, 3.63) is 35.9 Å². The van der Waals surface area contributed by atoms with E-state index in [2.05, 4.69) is 0 Å². The van der Waals surface area contributed by atoms with Gasteiger partial charge < -0.3 is 5.11 Å². The average molecular weight is 220 g/mol. The molecule has 0 heterocycles. The molecule has 0 fully saturated rings. The van der Waals surface area contributed by atoms with Crippen LogP contribution in [0.25, 0.3) is 0 Å². The summed E-state index contributed by atoms with van der Waals surface area (Å²) in [6, 6.07) is 8.97. The van der Waals surface area contributed by atoms with Crippen molar-refractivity contribution in [1.82, 2.24) is 0 Å². The lowest BCUT2D eigenvalue weighted by molar-refractivity contribution is -0.142. The molecule has 1 atom stereocenters. The Hall–Kier alpha value is -1.64. The number of carbonyl (C=O) groups is 2. The fourth-order valence-corrected chi connectivity index (χ4v) is 1.58. The van der Waals surface area contributed by atoms with Gasteiger partial charge in [0.2, 0.25) is 0 Å². The summed E-state index contributed by atoms with van der Waals surface area (Å²) in [5, 5.41) is 8.85. The Morgan fingerprint density at radius 3 is 2.38 bits per heavy atom. The zero-order chi connectivity index (χ0) is 12.0. The van der Waals surface area contributed by atoms with E-state index in [1.54, 1.807) is 12.1 Å². The third kappa shape index (κ3) is 3.50. The maximum absolute atomic E-state index is 11.7. The van der Waals surface area contributed by atoms with Gasteiger partial charge in [-0.25, -0.2) is 0 Å². The lowest BCUT2D eigenvalue weighted by atomic mass is 9.97. The van der Waals surface area contributed by atoms with Gasteiger partial charge in [0.1, 0.15) is 0 Å². The zero-order valence-electron chi connectivity index (χ0n) is 9.35. The number of rotatable bonds is 6. The van der Waals surface area contributed by atoms with Crippen molar-refractivity contribution in [2.75, 3.05) is 0 Å². The van der Waals surface area contributed by atoms with Gasteiger partial charge in [-0.1, -0.05) is 37.3 Å².